The molecule has 0 saturated carbocycles. The summed E-state index contributed by atoms with van der Waals surface area (Å²) in [5.41, 5.74) is 9.45. The molecule has 0 spiro atoms. The van der Waals surface area contributed by atoms with E-state index in [0.717, 1.165) is 87.0 Å². The second kappa shape index (κ2) is 11.4. The van der Waals surface area contributed by atoms with Gasteiger partial charge in [-0.25, -0.2) is 4.98 Å². The Morgan fingerprint density at radius 1 is 0.692 bits per heavy atom. The average molecular weight is 678 g/mol. The number of benzene rings is 6. The Balaban J connectivity index is 1.28. The molecule has 0 bridgehead atoms. The number of para-hydroxylation sites is 2. The minimum Gasteiger partial charge on any atom is -0.487 e. The van der Waals surface area contributed by atoms with E-state index in [1.807, 2.05) is 24.3 Å². The van der Waals surface area contributed by atoms with Crippen molar-refractivity contribution in [1.29, 1.82) is 0 Å². The summed E-state index contributed by atoms with van der Waals surface area (Å²) in [6.07, 6.45) is 6.34. The largest absolute Gasteiger partial charge is 0.487 e. The predicted octanol–water partition coefficient (Wildman–Crippen LogP) is 9.97. The van der Waals surface area contributed by atoms with Gasteiger partial charge in [0.1, 0.15) is 5.52 Å². The number of ether oxygens (including phenoxy) is 2. The van der Waals surface area contributed by atoms with Crippen LogP contribution < -0.4 is 18.6 Å². The van der Waals surface area contributed by atoms with E-state index in [1.54, 1.807) is 0 Å². The minimum absolute atomic E-state index is 0.0813. The first-order chi connectivity index (χ1) is 25.7. The third kappa shape index (κ3) is 4.33. The molecule has 0 saturated heterocycles. The van der Waals surface area contributed by atoms with E-state index < -0.39 is 0 Å². The van der Waals surface area contributed by atoms with E-state index in [2.05, 4.69) is 119 Å². The number of aryl methyl sites for hydroxylation is 1. The molecule has 3 aromatic heterocycles. The van der Waals surface area contributed by atoms with Crippen LogP contribution in [-0.2, 0) is 13.1 Å². The summed E-state index contributed by atoms with van der Waals surface area (Å²) in [7, 11) is 0. The van der Waals surface area contributed by atoms with E-state index in [0.29, 0.717) is 12.5 Å². The molecule has 1 atom stereocenters. The lowest BCUT2D eigenvalue weighted by atomic mass is 9.84. The Morgan fingerprint density at radius 2 is 1.46 bits per heavy atom. The highest BCUT2D eigenvalue weighted by Gasteiger charge is 2.32. The zero-order chi connectivity index (χ0) is 34.3. The minimum atomic E-state index is 0.0813. The Morgan fingerprint density at radius 3 is 2.35 bits per heavy atom. The lowest BCUT2D eigenvalue weighted by Crippen LogP contribution is -2.46. The number of hydrogen-bond donors (Lipinski definition) is 0. The fourth-order valence-electron chi connectivity index (χ4n) is 8.64. The van der Waals surface area contributed by atoms with E-state index in [1.165, 1.54) is 32.7 Å². The lowest BCUT2D eigenvalue weighted by Gasteiger charge is -2.25. The van der Waals surface area contributed by atoms with Gasteiger partial charge in [-0.3, -0.25) is 0 Å². The van der Waals surface area contributed by atoms with Crippen molar-refractivity contribution in [3.63, 3.8) is 0 Å². The topological polar surface area (TPSA) is 52.2 Å². The molecule has 6 nitrogen and oxygen atoms in total. The van der Waals surface area contributed by atoms with Gasteiger partial charge in [0.15, 0.2) is 48.7 Å². The number of oxazole rings is 1. The standard InChI is InChI=1S/C46H35N3O3/c1-2-30-27-49-23-7-10-28-16-19-36(45(51-30)43(28)49)42-32-12-4-3-11-31(32)41(33-20-21-40-44-35(33)13-8-22-48(44)24-9-25-50-40)34-18-17-29(26-37(34)42)46-47-38-14-5-6-15-39(38)52-46/h3-8,10-23,26,30H,2,9,24-25,27H2,1H3/q+2. The van der Waals surface area contributed by atoms with Gasteiger partial charge >= 0.3 is 0 Å². The maximum absolute atomic E-state index is 6.95. The second-order valence-electron chi connectivity index (χ2n) is 14.0. The van der Waals surface area contributed by atoms with Crippen LogP contribution in [0.15, 0.2) is 132 Å². The Hall–Kier alpha value is -6.27. The van der Waals surface area contributed by atoms with Crippen molar-refractivity contribution in [2.45, 2.75) is 39.0 Å². The van der Waals surface area contributed by atoms with Crippen molar-refractivity contribution in [2.24, 2.45) is 0 Å². The molecule has 5 heterocycles. The molecule has 1 unspecified atom stereocenters. The highest BCUT2D eigenvalue weighted by atomic mass is 16.5. The van der Waals surface area contributed by atoms with Crippen LogP contribution in [0.2, 0.25) is 0 Å². The fourth-order valence-corrected chi connectivity index (χ4v) is 8.64. The summed E-state index contributed by atoms with van der Waals surface area (Å²) in [6, 6.07) is 41.1. The first-order valence-electron chi connectivity index (χ1n) is 18.3. The molecule has 6 aromatic carbocycles. The van der Waals surface area contributed by atoms with Crippen LogP contribution in [-0.4, -0.2) is 17.7 Å². The summed E-state index contributed by atoms with van der Waals surface area (Å²) < 4.78 is 24.3. The molecular formula is C46H35N3O3+2. The molecule has 0 amide bonds. The van der Waals surface area contributed by atoms with Crippen molar-refractivity contribution in [1.82, 2.24) is 4.98 Å². The maximum atomic E-state index is 6.95. The molecule has 0 aliphatic carbocycles. The van der Waals surface area contributed by atoms with E-state index in [4.69, 9.17) is 18.9 Å². The second-order valence-corrected chi connectivity index (χ2v) is 14.0. The van der Waals surface area contributed by atoms with Crippen LogP contribution in [0.5, 0.6) is 11.5 Å². The number of nitrogens with zero attached hydrogens (tertiary/aromatic N) is 3. The summed E-state index contributed by atoms with van der Waals surface area (Å²) >= 11 is 0. The predicted molar refractivity (Wildman–Crippen MR) is 206 cm³/mol. The highest BCUT2D eigenvalue weighted by molar-refractivity contribution is 6.24. The molecule has 6 heteroatoms. The van der Waals surface area contributed by atoms with Crippen LogP contribution >= 0.6 is 0 Å². The zero-order valence-electron chi connectivity index (χ0n) is 28.8. The SMILES string of the molecule is CCC1C[n+]2cccc3ccc(-c4c5ccccc5c(-c5ccc6c7c5ccc[n+]7CCCO6)c5ccc(-c6nc7ccccc7o6)cc45)c(c32)O1. The van der Waals surface area contributed by atoms with E-state index in [9.17, 15) is 0 Å². The van der Waals surface area contributed by atoms with Crippen LogP contribution in [0.25, 0.3) is 88.2 Å². The average Bonchev–Trinajstić information content (AvgIpc) is 3.52. The number of rotatable bonds is 4. The molecule has 2 aliphatic rings. The van der Waals surface area contributed by atoms with E-state index >= 15 is 0 Å². The molecule has 250 valence electrons. The zero-order valence-corrected chi connectivity index (χ0v) is 28.8. The maximum Gasteiger partial charge on any atom is 0.255 e. The van der Waals surface area contributed by atoms with Crippen LogP contribution in [0, 0.1) is 0 Å². The molecule has 52 heavy (non-hydrogen) atoms. The molecule has 11 rings (SSSR count). The van der Waals surface area contributed by atoms with Gasteiger partial charge in [-0.05, 0) is 99.8 Å². The Kier molecular flexibility index (Phi) is 6.44. The molecule has 0 fully saturated rings. The van der Waals surface area contributed by atoms with Crippen molar-refractivity contribution < 1.29 is 23.0 Å². The number of pyridine rings is 2. The van der Waals surface area contributed by atoms with Gasteiger partial charge in [-0.2, -0.15) is 9.13 Å². The van der Waals surface area contributed by atoms with Gasteiger partial charge in [0.05, 0.1) is 17.4 Å². The molecule has 9 aromatic rings. The monoisotopic (exact) mass is 677 g/mol. The Labute approximate surface area is 300 Å². The normalized spacial score (nSPS) is 15.3. The molecule has 2 aliphatic heterocycles. The highest BCUT2D eigenvalue weighted by Crippen LogP contribution is 2.50. The van der Waals surface area contributed by atoms with Crippen LogP contribution in [0.4, 0.5) is 0 Å². The first-order valence-corrected chi connectivity index (χ1v) is 18.3. The fraction of sp³-hybridized carbons (Fsp3) is 0.152. The molecule has 0 radical (unpaired) electrons. The van der Waals surface area contributed by atoms with Gasteiger partial charge in [-0.1, -0.05) is 49.4 Å². The van der Waals surface area contributed by atoms with Gasteiger partial charge in [0.25, 0.3) is 11.0 Å². The van der Waals surface area contributed by atoms with Gasteiger partial charge < -0.3 is 13.9 Å². The summed E-state index contributed by atoms with van der Waals surface area (Å²) in [6.45, 7) is 4.67. The van der Waals surface area contributed by atoms with Crippen molar-refractivity contribution in [3.05, 3.63) is 128 Å². The van der Waals surface area contributed by atoms with Crippen LogP contribution in [0.1, 0.15) is 19.8 Å². The van der Waals surface area contributed by atoms with Gasteiger partial charge in [-0.15, -0.1) is 0 Å². The Bertz CT molecular complexity index is 2880. The first kappa shape index (κ1) is 29.5. The molecular weight excluding hydrogens is 643 g/mol. The van der Waals surface area contributed by atoms with E-state index in [-0.39, 0.29) is 6.10 Å². The summed E-state index contributed by atoms with van der Waals surface area (Å²) in [5.74, 6) is 2.48. The lowest BCUT2D eigenvalue weighted by molar-refractivity contribution is -0.682. The van der Waals surface area contributed by atoms with Crippen molar-refractivity contribution in [2.75, 3.05) is 6.61 Å². The van der Waals surface area contributed by atoms with Crippen molar-refractivity contribution >= 4 is 54.5 Å². The quantitative estimate of drug-likeness (QED) is 0.137. The van der Waals surface area contributed by atoms with Gasteiger partial charge in [0.2, 0.25) is 5.89 Å². The van der Waals surface area contributed by atoms with Gasteiger partial charge in [0, 0.05) is 35.2 Å². The number of aromatic nitrogens is 3. The molecule has 0 N–H and O–H groups in total. The number of hydrogen-bond acceptors (Lipinski definition) is 4. The summed E-state index contributed by atoms with van der Waals surface area (Å²) in [4.78, 5) is 4.93. The van der Waals surface area contributed by atoms with Crippen LogP contribution in [0.3, 0.4) is 0 Å². The number of fused-ring (bicyclic) bond motifs is 3. The van der Waals surface area contributed by atoms with Crippen molar-refractivity contribution in [3.8, 4) is 45.2 Å². The third-order valence-electron chi connectivity index (χ3n) is 11.0. The third-order valence-corrected chi connectivity index (χ3v) is 11.0. The smallest absolute Gasteiger partial charge is 0.255 e. The summed E-state index contributed by atoms with van der Waals surface area (Å²) in [5, 5.41) is 6.99.